The standard InChI is InChI=1S/C13H18N2/c1-5-8(2)13-14-11-7-6-9(3)10(4)12(11)15-13/h6-8H,5H2,1-4H3,(H,14,15). The highest BCUT2D eigenvalue weighted by Crippen LogP contribution is 2.23. The number of imidazole rings is 1. The van der Waals surface area contributed by atoms with Crippen LogP contribution < -0.4 is 0 Å². The van der Waals surface area contributed by atoms with Crippen LogP contribution in [0.5, 0.6) is 0 Å². The van der Waals surface area contributed by atoms with E-state index < -0.39 is 0 Å². The van der Waals surface area contributed by atoms with Crippen molar-refractivity contribution in [3.63, 3.8) is 0 Å². The van der Waals surface area contributed by atoms with Gasteiger partial charge in [0.25, 0.3) is 0 Å². The molecule has 1 atom stereocenters. The SMILES string of the molecule is CCC(C)c1nc2c(C)c(C)ccc2[nH]1. The van der Waals surface area contributed by atoms with E-state index in [1.165, 1.54) is 11.1 Å². The van der Waals surface area contributed by atoms with Crippen LogP contribution in [0.3, 0.4) is 0 Å². The summed E-state index contributed by atoms with van der Waals surface area (Å²) in [6, 6.07) is 4.27. The second-order valence-electron chi connectivity index (χ2n) is 4.33. The molecule has 0 fully saturated rings. The number of hydrogen-bond acceptors (Lipinski definition) is 1. The Hall–Kier alpha value is -1.31. The molecule has 2 aromatic rings. The Kier molecular flexibility index (Phi) is 2.51. The van der Waals surface area contributed by atoms with Gasteiger partial charge in [-0.25, -0.2) is 4.98 Å². The minimum atomic E-state index is 0.511. The Balaban J connectivity index is 2.61. The molecule has 1 N–H and O–H groups in total. The molecule has 0 amide bonds. The lowest BCUT2D eigenvalue weighted by Gasteiger charge is -2.01. The quantitative estimate of drug-likeness (QED) is 0.790. The molecule has 0 aliphatic carbocycles. The van der Waals surface area contributed by atoms with Gasteiger partial charge >= 0.3 is 0 Å². The molecule has 0 saturated carbocycles. The monoisotopic (exact) mass is 202 g/mol. The summed E-state index contributed by atoms with van der Waals surface area (Å²) < 4.78 is 0. The summed E-state index contributed by atoms with van der Waals surface area (Å²) in [5, 5.41) is 0. The van der Waals surface area contributed by atoms with Crippen molar-refractivity contribution >= 4 is 11.0 Å². The van der Waals surface area contributed by atoms with Crippen LogP contribution in [0.15, 0.2) is 12.1 Å². The molecule has 0 bridgehead atoms. The molecule has 0 aliphatic heterocycles. The van der Waals surface area contributed by atoms with E-state index in [0.717, 1.165) is 23.3 Å². The fourth-order valence-corrected chi connectivity index (χ4v) is 1.76. The van der Waals surface area contributed by atoms with E-state index in [-0.39, 0.29) is 0 Å². The highest BCUT2D eigenvalue weighted by molar-refractivity contribution is 5.79. The Morgan fingerprint density at radius 2 is 2.07 bits per heavy atom. The van der Waals surface area contributed by atoms with Crippen molar-refractivity contribution < 1.29 is 0 Å². The molecule has 2 rings (SSSR count). The predicted molar refractivity (Wildman–Crippen MR) is 64.3 cm³/mol. The topological polar surface area (TPSA) is 28.7 Å². The van der Waals surface area contributed by atoms with Crippen LogP contribution >= 0.6 is 0 Å². The molecule has 2 nitrogen and oxygen atoms in total. The second-order valence-corrected chi connectivity index (χ2v) is 4.33. The highest BCUT2D eigenvalue weighted by Gasteiger charge is 2.10. The first-order valence-corrected chi connectivity index (χ1v) is 5.59. The van der Waals surface area contributed by atoms with Gasteiger partial charge in [-0.15, -0.1) is 0 Å². The van der Waals surface area contributed by atoms with E-state index in [2.05, 4.69) is 49.8 Å². The number of aryl methyl sites for hydroxylation is 2. The lowest BCUT2D eigenvalue weighted by molar-refractivity contribution is 0.692. The number of nitrogens with zero attached hydrogens (tertiary/aromatic N) is 1. The number of aromatic nitrogens is 2. The molecular formula is C13H18N2. The van der Waals surface area contributed by atoms with Gasteiger partial charge in [0.05, 0.1) is 11.0 Å². The van der Waals surface area contributed by atoms with E-state index in [1.807, 2.05) is 0 Å². The molecule has 0 saturated heterocycles. The number of benzene rings is 1. The van der Waals surface area contributed by atoms with Crippen LogP contribution in [0.1, 0.15) is 43.1 Å². The zero-order chi connectivity index (χ0) is 11.0. The predicted octanol–water partition coefficient (Wildman–Crippen LogP) is 3.69. The van der Waals surface area contributed by atoms with Gasteiger partial charge in [0, 0.05) is 5.92 Å². The fourth-order valence-electron chi connectivity index (χ4n) is 1.76. The largest absolute Gasteiger partial charge is 0.342 e. The molecule has 2 heteroatoms. The maximum absolute atomic E-state index is 4.69. The van der Waals surface area contributed by atoms with Crippen LogP contribution in [0.25, 0.3) is 11.0 Å². The maximum Gasteiger partial charge on any atom is 0.110 e. The van der Waals surface area contributed by atoms with Gasteiger partial charge in [-0.1, -0.05) is 19.9 Å². The highest BCUT2D eigenvalue weighted by atomic mass is 14.9. The molecule has 1 heterocycles. The summed E-state index contributed by atoms with van der Waals surface area (Å²) >= 11 is 0. The van der Waals surface area contributed by atoms with Crippen molar-refractivity contribution in [1.29, 1.82) is 0 Å². The van der Waals surface area contributed by atoms with E-state index in [9.17, 15) is 0 Å². The summed E-state index contributed by atoms with van der Waals surface area (Å²) in [7, 11) is 0. The van der Waals surface area contributed by atoms with Crippen molar-refractivity contribution in [3.8, 4) is 0 Å². The second kappa shape index (κ2) is 3.69. The summed E-state index contributed by atoms with van der Waals surface area (Å²) in [5.41, 5.74) is 4.89. The smallest absolute Gasteiger partial charge is 0.110 e. The maximum atomic E-state index is 4.69. The first-order valence-electron chi connectivity index (χ1n) is 5.59. The lowest BCUT2D eigenvalue weighted by Crippen LogP contribution is -1.93. The summed E-state index contributed by atoms with van der Waals surface area (Å²) in [5.74, 6) is 1.62. The van der Waals surface area contributed by atoms with E-state index >= 15 is 0 Å². The number of fused-ring (bicyclic) bond motifs is 1. The third-order valence-corrected chi connectivity index (χ3v) is 3.28. The lowest BCUT2D eigenvalue weighted by atomic mass is 10.1. The normalized spacial score (nSPS) is 13.3. The van der Waals surface area contributed by atoms with Crippen LogP contribution in [0.4, 0.5) is 0 Å². The van der Waals surface area contributed by atoms with Crippen LogP contribution in [0, 0.1) is 13.8 Å². The van der Waals surface area contributed by atoms with Gasteiger partial charge in [0.2, 0.25) is 0 Å². The molecule has 0 aliphatic rings. The number of H-pyrrole nitrogens is 1. The molecule has 1 aromatic carbocycles. The van der Waals surface area contributed by atoms with Gasteiger partial charge in [0.1, 0.15) is 5.82 Å². The molecular weight excluding hydrogens is 184 g/mol. The Morgan fingerprint density at radius 1 is 1.33 bits per heavy atom. The van der Waals surface area contributed by atoms with E-state index in [0.29, 0.717) is 5.92 Å². The Morgan fingerprint density at radius 3 is 2.73 bits per heavy atom. The van der Waals surface area contributed by atoms with Crippen molar-refractivity contribution in [2.75, 3.05) is 0 Å². The number of hydrogen-bond donors (Lipinski definition) is 1. The van der Waals surface area contributed by atoms with Gasteiger partial charge in [-0.2, -0.15) is 0 Å². The zero-order valence-electron chi connectivity index (χ0n) is 9.89. The zero-order valence-corrected chi connectivity index (χ0v) is 9.89. The Labute approximate surface area is 90.7 Å². The Bertz CT molecular complexity index is 482. The van der Waals surface area contributed by atoms with Gasteiger partial charge < -0.3 is 4.98 Å². The fraction of sp³-hybridized carbons (Fsp3) is 0.462. The number of rotatable bonds is 2. The first kappa shape index (κ1) is 10.2. The third-order valence-electron chi connectivity index (χ3n) is 3.28. The van der Waals surface area contributed by atoms with Gasteiger partial charge in [0.15, 0.2) is 0 Å². The minimum absolute atomic E-state index is 0.511. The minimum Gasteiger partial charge on any atom is -0.342 e. The first-order chi connectivity index (χ1) is 7.13. The van der Waals surface area contributed by atoms with Crippen LogP contribution in [-0.2, 0) is 0 Å². The average molecular weight is 202 g/mol. The number of nitrogens with one attached hydrogen (secondary N) is 1. The van der Waals surface area contributed by atoms with Crippen molar-refractivity contribution in [1.82, 2.24) is 9.97 Å². The molecule has 15 heavy (non-hydrogen) atoms. The molecule has 80 valence electrons. The summed E-state index contributed by atoms with van der Waals surface area (Å²) in [4.78, 5) is 8.09. The molecule has 1 aromatic heterocycles. The third kappa shape index (κ3) is 1.65. The molecule has 0 spiro atoms. The van der Waals surface area contributed by atoms with Crippen LogP contribution in [-0.4, -0.2) is 9.97 Å². The van der Waals surface area contributed by atoms with Gasteiger partial charge in [-0.3, -0.25) is 0 Å². The van der Waals surface area contributed by atoms with E-state index in [4.69, 9.17) is 0 Å². The molecule has 0 radical (unpaired) electrons. The number of aromatic amines is 1. The average Bonchev–Trinajstić information content (AvgIpc) is 2.67. The van der Waals surface area contributed by atoms with Gasteiger partial charge in [-0.05, 0) is 37.5 Å². The summed E-state index contributed by atoms with van der Waals surface area (Å²) in [6.45, 7) is 8.67. The van der Waals surface area contributed by atoms with Crippen molar-refractivity contribution in [2.24, 2.45) is 0 Å². The van der Waals surface area contributed by atoms with Crippen LogP contribution in [0.2, 0.25) is 0 Å². The van der Waals surface area contributed by atoms with Crippen molar-refractivity contribution in [3.05, 3.63) is 29.1 Å². The summed E-state index contributed by atoms with van der Waals surface area (Å²) in [6.07, 6.45) is 1.12. The van der Waals surface area contributed by atoms with E-state index in [1.54, 1.807) is 0 Å². The molecule has 1 unspecified atom stereocenters. The van der Waals surface area contributed by atoms with Crippen molar-refractivity contribution in [2.45, 2.75) is 40.0 Å².